The van der Waals surface area contributed by atoms with Crippen molar-refractivity contribution in [2.24, 2.45) is 0 Å². The fourth-order valence-electron chi connectivity index (χ4n) is 3.14. The summed E-state index contributed by atoms with van der Waals surface area (Å²) in [6, 6.07) is 8.27. The van der Waals surface area contributed by atoms with Crippen LogP contribution in [0.3, 0.4) is 0 Å². The maximum atomic E-state index is 12.8. The number of carbonyl (C=O) groups excluding carboxylic acids is 1. The van der Waals surface area contributed by atoms with Gasteiger partial charge in [0.15, 0.2) is 0 Å². The molecule has 0 aliphatic heterocycles. The Morgan fingerprint density at radius 2 is 1.71 bits per heavy atom. The third kappa shape index (κ3) is 8.70. The van der Waals surface area contributed by atoms with Crippen molar-refractivity contribution in [2.75, 3.05) is 37.9 Å². The van der Waals surface area contributed by atoms with Crippen LogP contribution in [0.15, 0.2) is 30.3 Å². The van der Waals surface area contributed by atoms with Crippen LogP contribution in [0, 0.1) is 0 Å². The minimum absolute atomic E-state index is 0.0405. The lowest BCUT2D eigenvalue weighted by molar-refractivity contribution is 0.138. The van der Waals surface area contributed by atoms with Gasteiger partial charge in [0.05, 0.1) is 43.9 Å². The topological polar surface area (TPSA) is 112 Å². The third-order valence-electron chi connectivity index (χ3n) is 4.60. The zero-order valence-electron chi connectivity index (χ0n) is 20.9. The van der Waals surface area contributed by atoms with Gasteiger partial charge in [-0.25, -0.2) is 13.2 Å². The lowest BCUT2D eigenvalue weighted by atomic mass is 10.0. The molecule has 9 nitrogen and oxygen atoms in total. The number of rotatable bonds is 11. The summed E-state index contributed by atoms with van der Waals surface area (Å²) in [5, 5.41) is 3.01. The van der Waals surface area contributed by atoms with Crippen LogP contribution in [0.2, 0.25) is 5.02 Å². The summed E-state index contributed by atoms with van der Waals surface area (Å²) in [5.74, 6) is 1.15. The summed E-state index contributed by atoms with van der Waals surface area (Å²) in [6.45, 7) is 7.72. The van der Waals surface area contributed by atoms with E-state index in [1.165, 1.54) is 14.2 Å². The normalized spacial score (nSPS) is 11.5. The summed E-state index contributed by atoms with van der Waals surface area (Å²) >= 11 is 6.24. The summed E-state index contributed by atoms with van der Waals surface area (Å²) in [7, 11) is -0.786. The molecule has 0 bridgehead atoms. The largest absolute Gasteiger partial charge is 0.496 e. The van der Waals surface area contributed by atoms with Gasteiger partial charge >= 0.3 is 6.09 Å². The van der Waals surface area contributed by atoms with E-state index >= 15 is 0 Å². The molecule has 0 heterocycles. The van der Waals surface area contributed by atoms with Crippen molar-refractivity contribution in [1.29, 1.82) is 0 Å². The van der Waals surface area contributed by atoms with Gasteiger partial charge in [-0.2, -0.15) is 0 Å². The molecule has 0 aliphatic carbocycles. The molecule has 35 heavy (non-hydrogen) atoms. The molecule has 0 unspecified atom stereocenters. The van der Waals surface area contributed by atoms with Crippen molar-refractivity contribution < 1.29 is 32.2 Å². The first-order chi connectivity index (χ1) is 16.4. The number of benzene rings is 2. The highest BCUT2D eigenvalue weighted by molar-refractivity contribution is 7.92. The summed E-state index contributed by atoms with van der Waals surface area (Å²) < 4.78 is 49.8. The maximum absolute atomic E-state index is 12.8. The Morgan fingerprint density at radius 1 is 1.03 bits per heavy atom. The highest BCUT2D eigenvalue weighted by Crippen LogP contribution is 2.42. The van der Waals surface area contributed by atoms with Gasteiger partial charge in [-0.15, -0.1) is 0 Å². The van der Waals surface area contributed by atoms with Crippen molar-refractivity contribution in [2.45, 2.75) is 39.7 Å². The second-order valence-electron chi connectivity index (χ2n) is 8.61. The molecular weight excluding hydrogens is 496 g/mol. The highest BCUT2D eigenvalue weighted by atomic mass is 35.5. The first-order valence-corrected chi connectivity index (χ1v) is 13.1. The standard InChI is InChI=1S/C24H33ClN2O7S/c1-7-33-16-9-10-20(17(13-16)18-14-22(32-6)19(25)15-21(18)31-5)27-35(29,30)12-8-11-34-23(28)26-24(2,3)4/h9-10,13-15,27H,7-8,11-12H2,1-6H3,(H,26,28). The number of hydrogen-bond acceptors (Lipinski definition) is 7. The molecule has 0 radical (unpaired) electrons. The number of halogens is 1. The quantitative estimate of drug-likeness (QED) is 0.391. The second kappa shape index (κ2) is 12.2. The van der Waals surface area contributed by atoms with Crippen molar-refractivity contribution in [3.8, 4) is 28.4 Å². The molecule has 11 heteroatoms. The predicted octanol–water partition coefficient (Wildman–Crippen LogP) is 5.08. The van der Waals surface area contributed by atoms with E-state index in [0.717, 1.165) is 0 Å². The van der Waals surface area contributed by atoms with Gasteiger partial charge in [-0.1, -0.05) is 11.6 Å². The van der Waals surface area contributed by atoms with E-state index < -0.39 is 21.7 Å². The summed E-state index contributed by atoms with van der Waals surface area (Å²) in [6.07, 6.45) is -0.474. The average molecular weight is 529 g/mol. The molecule has 194 valence electrons. The molecule has 0 aromatic heterocycles. The average Bonchev–Trinajstić information content (AvgIpc) is 2.76. The molecule has 0 aliphatic rings. The zero-order chi connectivity index (χ0) is 26.2. The van der Waals surface area contributed by atoms with Gasteiger partial charge in [0, 0.05) is 22.7 Å². The minimum Gasteiger partial charge on any atom is -0.496 e. The van der Waals surface area contributed by atoms with Crippen molar-refractivity contribution >= 4 is 33.4 Å². The number of alkyl carbamates (subject to hydrolysis) is 1. The monoisotopic (exact) mass is 528 g/mol. The van der Waals surface area contributed by atoms with E-state index in [9.17, 15) is 13.2 Å². The number of amides is 1. The molecular formula is C24H33ClN2O7S. The number of ether oxygens (including phenoxy) is 4. The van der Waals surface area contributed by atoms with E-state index in [1.54, 1.807) is 30.3 Å². The van der Waals surface area contributed by atoms with Crippen LogP contribution in [0.25, 0.3) is 11.1 Å². The SMILES string of the molecule is CCOc1ccc(NS(=O)(=O)CCCOC(=O)NC(C)(C)C)c(-c2cc(OC)c(Cl)cc2OC)c1. The molecule has 1 amide bonds. The maximum Gasteiger partial charge on any atom is 0.407 e. The van der Waals surface area contributed by atoms with Gasteiger partial charge in [-0.05, 0) is 58.4 Å². The van der Waals surface area contributed by atoms with Crippen LogP contribution < -0.4 is 24.2 Å². The first kappa shape index (κ1) is 28.4. The van der Waals surface area contributed by atoms with Crippen LogP contribution in [0.4, 0.5) is 10.5 Å². The number of hydrogen-bond donors (Lipinski definition) is 2. The van der Waals surface area contributed by atoms with Gasteiger partial charge in [0.25, 0.3) is 0 Å². The molecule has 2 aromatic rings. The van der Waals surface area contributed by atoms with Crippen molar-refractivity contribution in [1.82, 2.24) is 5.32 Å². The summed E-state index contributed by atoms with van der Waals surface area (Å²) in [5.41, 5.74) is 0.963. The number of nitrogens with one attached hydrogen (secondary N) is 2. The van der Waals surface area contributed by atoms with E-state index in [1.807, 2.05) is 27.7 Å². The Balaban J connectivity index is 2.27. The fraction of sp³-hybridized carbons (Fsp3) is 0.458. The van der Waals surface area contributed by atoms with E-state index in [-0.39, 0.29) is 18.8 Å². The van der Waals surface area contributed by atoms with Gasteiger partial charge in [0.2, 0.25) is 10.0 Å². The van der Waals surface area contributed by atoms with Gasteiger partial charge in [0.1, 0.15) is 17.2 Å². The van der Waals surface area contributed by atoms with Crippen LogP contribution >= 0.6 is 11.6 Å². The third-order valence-corrected chi connectivity index (χ3v) is 6.25. The molecule has 2 aromatic carbocycles. The Bertz CT molecular complexity index is 1130. The molecule has 0 atom stereocenters. The van der Waals surface area contributed by atoms with Gasteiger partial charge in [-0.3, -0.25) is 4.72 Å². The van der Waals surface area contributed by atoms with Crippen LogP contribution in [-0.2, 0) is 14.8 Å². The molecule has 0 spiro atoms. The van der Waals surface area contributed by atoms with E-state index in [2.05, 4.69) is 10.0 Å². The lowest BCUT2D eigenvalue weighted by Gasteiger charge is -2.20. The number of methoxy groups -OCH3 is 2. The Labute approximate surface area is 212 Å². The number of carbonyl (C=O) groups is 1. The second-order valence-corrected chi connectivity index (χ2v) is 10.9. The van der Waals surface area contributed by atoms with E-state index in [4.69, 9.17) is 30.5 Å². The van der Waals surface area contributed by atoms with Crippen LogP contribution in [0.5, 0.6) is 17.2 Å². The Kier molecular flexibility index (Phi) is 9.91. The van der Waals surface area contributed by atoms with E-state index in [0.29, 0.717) is 45.7 Å². The lowest BCUT2D eigenvalue weighted by Crippen LogP contribution is -2.41. The highest BCUT2D eigenvalue weighted by Gasteiger charge is 2.20. The van der Waals surface area contributed by atoms with Crippen molar-refractivity contribution in [3.05, 3.63) is 35.4 Å². The predicted molar refractivity (Wildman–Crippen MR) is 137 cm³/mol. The molecule has 0 fully saturated rings. The molecule has 2 rings (SSSR count). The van der Waals surface area contributed by atoms with Crippen LogP contribution in [0.1, 0.15) is 34.1 Å². The molecule has 2 N–H and O–H groups in total. The van der Waals surface area contributed by atoms with Crippen LogP contribution in [-0.4, -0.2) is 53.2 Å². The molecule has 0 saturated heterocycles. The zero-order valence-corrected chi connectivity index (χ0v) is 22.4. The Hall–Kier alpha value is -2.85. The minimum atomic E-state index is -3.77. The Morgan fingerprint density at radius 3 is 2.31 bits per heavy atom. The van der Waals surface area contributed by atoms with Gasteiger partial charge < -0.3 is 24.3 Å². The fourth-order valence-corrected chi connectivity index (χ4v) is 4.48. The summed E-state index contributed by atoms with van der Waals surface area (Å²) in [4.78, 5) is 11.8. The first-order valence-electron chi connectivity index (χ1n) is 11.0. The number of sulfonamides is 1. The van der Waals surface area contributed by atoms with Crippen molar-refractivity contribution in [3.63, 3.8) is 0 Å². The smallest absolute Gasteiger partial charge is 0.407 e. The number of anilines is 1. The molecule has 0 saturated carbocycles.